The van der Waals surface area contributed by atoms with Crippen molar-refractivity contribution >= 4 is 28.6 Å². The molecule has 150 valence electrons. The number of halogens is 1. The lowest BCUT2D eigenvalue weighted by molar-refractivity contribution is -0.115. The predicted molar refractivity (Wildman–Crippen MR) is 114 cm³/mol. The van der Waals surface area contributed by atoms with Gasteiger partial charge in [0.2, 0.25) is 5.91 Å². The Morgan fingerprint density at radius 3 is 2.62 bits per heavy atom. The summed E-state index contributed by atoms with van der Waals surface area (Å²) in [7, 11) is 0. The van der Waals surface area contributed by atoms with Gasteiger partial charge in [-0.05, 0) is 30.7 Å². The number of rotatable bonds is 5. The Balaban J connectivity index is 1.37. The minimum absolute atomic E-state index is 0.180. The molecule has 1 aromatic heterocycles. The van der Waals surface area contributed by atoms with Gasteiger partial charge in [0.05, 0.1) is 36.0 Å². The van der Waals surface area contributed by atoms with E-state index in [1.54, 1.807) is 23.5 Å². The van der Waals surface area contributed by atoms with Crippen LogP contribution in [0.2, 0.25) is 0 Å². The molecule has 1 saturated heterocycles. The van der Waals surface area contributed by atoms with Gasteiger partial charge in [-0.2, -0.15) is 0 Å². The van der Waals surface area contributed by atoms with Crippen LogP contribution in [0.5, 0.6) is 0 Å². The van der Waals surface area contributed by atoms with E-state index in [0.717, 1.165) is 21.8 Å². The van der Waals surface area contributed by atoms with Crippen LogP contribution in [0.3, 0.4) is 0 Å². The molecule has 7 heteroatoms. The van der Waals surface area contributed by atoms with Gasteiger partial charge in [0, 0.05) is 29.7 Å². The fourth-order valence-corrected chi connectivity index (χ4v) is 3.95. The molecular formula is C22H22FN3O2S. The number of benzene rings is 2. The fraction of sp³-hybridized carbons (Fsp3) is 0.273. The Labute approximate surface area is 173 Å². The first-order chi connectivity index (χ1) is 14.1. The minimum Gasteiger partial charge on any atom is -0.378 e. The first-order valence-electron chi connectivity index (χ1n) is 9.52. The van der Waals surface area contributed by atoms with E-state index in [-0.39, 0.29) is 18.1 Å². The minimum atomic E-state index is -0.340. The predicted octanol–water partition coefficient (Wildman–Crippen LogP) is 4.28. The van der Waals surface area contributed by atoms with E-state index >= 15 is 0 Å². The summed E-state index contributed by atoms with van der Waals surface area (Å²) in [6.07, 6.45) is 0.225. The quantitative estimate of drug-likeness (QED) is 0.681. The summed E-state index contributed by atoms with van der Waals surface area (Å²) < 4.78 is 19.8. The highest BCUT2D eigenvalue weighted by Gasteiger charge is 2.16. The number of ether oxygens (including phenoxy) is 1. The highest BCUT2D eigenvalue weighted by Crippen LogP contribution is 2.24. The summed E-state index contributed by atoms with van der Waals surface area (Å²) in [5.74, 6) is -0.520. The molecule has 2 heterocycles. The zero-order valence-electron chi connectivity index (χ0n) is 16.2. The van der Waals surface area contributed by atoms with E-state index in [1.165, 1.54) is 6.07 Å². The molecule has 0 radical (unpaired) electrons. The molecule has 1 fully saturated rings. The van der Waals surface area contributed by atoms with Gasteiger partial charge in [0.15, 0.2) is 0 Å². The maximum Gasteiger partial charge on any atom is 0.228 e. The summed E-state index contributed by atoms with van der Waals surface area (Å²) in [5, 5.41) is 5.82. The van der Waals surface area contributed by atoms with Crippen LogP contribution < -0.4 is 10.2 Å². The molecule has 0 unspecified atom stereocenters. The number of anilines is 2. The molecule has 5 nitrogen and oxygen atoms in total. The normalized spacial score (nSPS) is 14.1. The van der Waals surface area contributed by atoms with Crippen molar-refractivity contribution in [2.45, 2.75) is 13.3 Å². The van der Waals surface area contributed by atoms with E-state index in [2.05, 4.69) is 10.3 Å². The van der Waals surface area contributed by atoms with Gasteiger partial charge in [-0.3, -0.25) is 4.79 Å². The maximum atomic E-state index is 14.5. The molecular weight excluding hydrogens is 389 g/mol. The summed E-state index contributed by atoms with van der Waals surface area (Å²) >= 11 is 1.61. The summed E-state index contributed by atoms with van der Waals surface area (Å²) in [4.78, 5) is 18.8. The van der Waals surface area contributed by atoms with E-state index in [9.17, 15) is 9.18 Å². The number of morpholine rings is 1. The van der Waals surface area contributed by atoms with Crippen molar-refractivity contribution in [3.63, 3.8) is 0 Å². The Kier molecular flexibility index (Phi) is 5.87. The number of aromatic nitrogens is 1. The van der Waals surface area contributed by atoms with Gasteiger partial charge in [-0.15, -0.1) is 11.3 Å². The molecule has 4 rings (SSSR count). The van der Waals surface area contributed by atoms with Gasteiger partial charge < -0.3 is 15.0 Å². The fourth-order valence-electron chi connectivity index (χ4n) is 3.33. The van der Waals surface area contributed by atoms with Crippen molar-refractivity contribution in [2.75, 3.05) is 36.5 Å². The molecule has 0 saturated carbocycles. The number of hydrogen-bond acceptors (Lipinski definition) is 5. The molecule has 1 amide bonds. The summed E-state index contributed by atoms with van der Waals surface area (Å²) in [6.45, 7) is 4.50. The van der Waals surface area contributed by atoms with E-state index in [0.29, 0.717) is 37.7 Å². The number of aryl methyl sites for hydroxylation is 1. The first-order valence-corrected chi connectivity index (χ1v) is 10.4. The van der Waals surface area contributed by atoms with Crippen molar-refractivity contribution in [1.29, 1.82) is 0 Å². The monoisotopic (exact) mass is 411 g/mol. The van der Waals surface area contributed by atoms with Crippen LogP contribution >= 0.6 is 11.3 Å². The van der Waals surface area contributed by atoms with Crippen molar-refractivity contribution in [3.8, 4) is 11.3 Å². The topological polar surface area (TPSA) is 54.5 Å². The van der Waals surface area contributed by atoms with Crippen LogP contribution in [0.25, 0.3) is 11.3 Å². The lowest BCUT2D eigenvalue weighted by Crippen LogP contribution is -2.36. The van der Waals surface area contributed by atoms with Gasteiger partial charge in [0.25, 0.3) is 0 Å². The van der Waals surface area contributed by atoms with Gasteiger partial charge in [-0.25, -0.2) is 9.37 Å². The van der Waals surface area contributed by atoms with Crippen molar-refractivity contribution in [1.82, 2.24) is 4.98 Å². The zero-order valence-corrected chi connectivity index (χ0v) is 17.0. The molecule has 0 spiro atoms. The Morgan fingerprint density at radius 2 is 1.97 bits per heavy atom. The van der Waals surface area contributed by atoms with Gasteiger partial charge >= 0.3 is 0 Å². The number of hydrogen-bond donors (Lipinski definition) is 1. The highest BCUT2D eigenvalue weighted by atomic mass is 32.1. The molecule has 29 heavy (non-hydrogen) atoms. The number of amides is 1. The Hall–Kier alpha value is -2.77. The van der Waals surface area contributed by atoms with Crippen LogP contribution in [-0.2, 0) is 16.0 Å². The molecule has 1 aliphatic rings. The summed E-state index contributed by atoms with van der Waals surface area (Å²) in [5.41, 5.74) is 3.86. The molecule has 0 aliphatic carbocycles. The van der Waals surface area contributed by atoms with Crippen molar-refractivity contribution < 1.29 is 13.9 Å². The third kappa shape index (κ3) is 4.81. The lowest BCUT2D eigenvalue weighted by Gasteiger charge is -2.29. The molecule has 0 bridgehead atoms. The molecule has 1 N–H and O–H groups in total. The van der Waals surface area contributed by atoms with Crippen molar-refractivity contribution in [3.05, 3.63) is 64.2 Å². The lowest BCUT2D eigenvalue weighted by atomic mass is 10.1. The molecule has 3 aromatic rings. The molecule has 1 aliphatic heterocycles. The average Bonchev–Trinajstić information content (AvgIpc) is 3.15. The largest absolute Gasteiger partial charge is 0.378 e. The maximum absolute atomic E-state index is 14.5. The molecule has 2 aromatic carbocycles. The van der Waals surface area contributed by atoms with E-state index < -0.39 is 0 Å². The van der Waals surface area contributed by atoms with Gasteiger partial charge in [0.1, 0.15) is 5.82 Å². The van der Waals surface area contributed by atoms with Crippen LogP contribution in [0.4, 0.5) is 15.8 Å². The van der Waals surface area contributed by atoms with Crippen LogP contribution in [0.1, 0.15) is 10.6 Å². The SMILES string of the molecule is Cc1nc(-c2ccc(CC(=O)Nc3ccc(N4CCOCC4)c(F)c3)cc2)cs1. The van der Waals surface area contributed by atoms with Crippen LogP contribution in [0.15, 0.2) is 47.8 Å². The second kappa shape index (κ2) is 8.71. The van der Waals surface area contributed by atoms with Gasteiger partial charge in [-0.1, -0.05) is 24.3 Å². The Bertz CT molecular complexity index is 998. The number of carbonyl (C=O) groups is 1. The van der Waals surface area contributed by atoms with Crippen LogP contribution in [0, 0.1) is 12.7 Å². The zero-order chi connectivity index (χ0) is 20.2. The van der Waals surface area contributed by atoms with Crippen LogP contribution in [-0.4, -0.2) is 37.2 Å². The molecule has 0 atom stereocenters. The van der Waals surface area contributed by atoms with Crippen molar-refractivity contribution in [2.24, 2.45) is 0 Å². The standard InChI is InChI=1S/C22H22FN3O2S/c1-15-24-20(14-29-15)17-4-2-16(3-5-17)12-22(27)25-18-6-7-21(19(23)13-18)26-8-10-28-11-9-26/h2-7,13-14H,8-12H2,1H3,(H,25,27). The Morgan fingerprint density at radius 1 is 1.21 bits per heavy atom. The number of nitrogens with one attached hydrogen (secondary N) is 1. The smallest absolute Gasteiger partial charge is 0.228 e. The first kappa shape index (κ1) is 19.5. The highest BCUT2D eigenvalue weighted by molar-refractivity contribution is 7.09. The number of carbonyl (C=O) groups excluding carboxylic acids is 1. The third-order valence-corrected chi connectivity index (χ3v) is 5.59. The number of nitrogens with zero attached hydrogens (tertiary/aromatic N) is 2. The summed E-state index contributed by atoms with van der Waals surface area (Å²) in [6, 6.07) is 12.6. The second-order valence-electron chi connectivity index (χ2n) is 6.94. The average molecular weight is 412 g/mol. The number of thiazole rings is 1. The van der Waals surface area contributed by atoms with E-state index in [1.807, 2.05) is 41.5 Å². The third-order valence-electron chi connectivity index (χ3n) is 4.82. The second-order valence-corrected chi connectivity index (χ2v) is 8.00. The van der Waals surface area contributed by atoms with E-state index in [4.69, 9.17) is 4.74 Å².